The minimum atomic E-state index is -1.33. The Morgan fingerprint density at radius 2 is 1.42 bits per heavy atom. The van der Waals surface area contributed by atoms with Crippen LogP contribution in [0.3, 0.4) is 0 Å². The second kappa shape index (κ2) is 4.82. The molecule has 6 heteroatoms. The zero-order valence-electron chi connectivity index (χ0n) is 14.0. The minimum Gasteiger partial charge on any atom is -0.481 e. The van der Waals surface area contributed by atoms with Crippen molar-refractivity contribution in [1.82, 2.24) is 4.90 Å². The normalized spacial score (nSPS) is 28.4. The largest absolute Gasteiger partial charge is 0.481 e. The first kappa shape index (κ1) is 16.5. The molecule has 1 aliphatic carbocycles. The van der Waals surface area contributed by atoms with Crippen LogP contribution < -0.4 is 0 Å². The Morgan fingerprint density at radius 3 is 1.79 bits per heavy atom. The molecule has 2 atom stereocenters. The summed E-state index contributed by atoms with van der Waals surface area (Å²) >= 11 is 0. The van der Waals surface area contributed by atoms with Crippen molar-refractivity contribution in [1.29, 1.82) is 0 Å². The fourth-order valence-electron chi connectivity index (χ4n) is 3.73. The SMILES string of the molecule is CC(C)(C)c1ccc(C(=O)N2C[C@@]3(C(=O)O)C[C@@]3(C(=O)O)C2)cc1. The lowest BCUT2D eigenvalue weighted by Crippen LogP contribution is -2.34. The van der Waals surface area contributed by atoms with E-state index in [0.717, 1.165) is 5.56 Å². The number of rotatable bonds is 3. The minimum absolute atomic E-state index is 0.0302. The van der Waals surface area contributed by atoms with Gasteiger partial charge in [-0.05, 0) is 29.5 Å². The Morgan fingerprint density at radius 1 is 0.958 bits per heavy atom. The molecule has 6 nitrogen and oxygen atoms in total. The fraction of sp³-hybridized carbons (Fsp3) is 0.500. The summed E-state index contributed by atoms with van der Waals surface area (Å²) in [5, 5.41) is 18.8. The van der Waals surface area contributed by atoms with Crippen LogP contribution in [0, 0.1) is 10.8 Å². The molecule has 24 heavy (non-hydrogen) atoms. The number of amides is 1. The monoisotopic (exact) mass is 331 g/mol. The van der Waals surface area contributed by atoms with Crippen molar-refractivity contribution in [2.75, 3.05) is 13.1 Å². The van der Waals surface area contributed by atoms with Crippen molar-refractivity contribution in [3.05, 3.63) is 35.4 Å². The van der Waals surface area contributed by atoms with E-state index in [0.29, 0.717) is 5.56 Å². The number of piperidine rings is 1. The number of aliphatic carboxylic acids is 2. The van der Waals surface area contributed by atoms with Gasteiger partial charge in [-0.2, -0.15) is 0 Å². The Hall–Kier alpha value is -2.37. The number of hydrogen-bond acceptors (Lipinski definition) is 3. The number of nitrogens with zero attached hydrogens (tertiary/aromatic N) is 1. The summed E-state index contributed by atoms with van der Waals surface area (Å²) in [7, 11) is 0. The second-order valence-corrected chi connectivity index (χ2v) is 7.94. The first-order valence-electron chi connectivity index (χ1n) is 7.90. The maximum Gasteiger partial charge on any atom is 0.312 e. The predicted molar refractivity (Wildman–Crippen MR) is 85.8 cm³/mol. The highest BCUT2D eigenvalue weighted by Crippen LogP contribution is 2.68. The quantitative estimate of drug-likeness (QED) is 0.883. The van der Waals surface area contributed by atoms with Gasteiger partial charge in [-0.25, -0.2) is 0 Å². The van der Waals surface area contributed by atoms with Gasteiger partial charge in [0.25, 0.3) is 5.91 Å². The van der Waals surface area contributed by atoms with Gasteiger partial charge in [0.2, 0.25) is 0 Å². The molecule has 1 aromatic rings. The molecule has 2 aliphatic rings. The predicted octanol–water partition coefficient (Wildman–Crippen LogP) is 1.99. The third-order valence-electron chi connectivity index (χ3n) is 5.42. The van der Waals surface area contributed by atoms with Gasteiger partial charge < -0.3 is 15.1 Å². The van der Waals surface area contributed by atoms with E-state index in [1.54, 1.807) is 12.1 Å². The second-order valence-electron chi connectivity index (χ2n) is 7.94. The van der Waals surface area contributed by atoms with Crippen LogP contribution in [0.5, 0.6) is 0 Å². The number of carboxylic acid groups (broad SMARTS) is 2. The van der Waals surface area contributed by atoms with E-state index in [9.17, 15) is 24.6 Å². The molecule has 1 amide bonds. The van der Waals surface area contributed by atoms with Crippen molar-refractivity contribution < 1.29 is 24.6 Å². The molecule has 0 aromatic heterocycles. The third kappa shape index (κ3) is 2.12. The van der Waals surface area contributed by atoms with Crippen LogP contribution in [0.4, 0.5) is 0 Å². The van der Waals surface area contributed by atoms with Gasteiger partial charge >= 0.3 is 11.9 Å². The van der Waals surface area contributed by atoms with Crippen molar-refractivity contribution in [2.45, 2.75) is 32.6 Å². The molecule has 2 fully saturated rings. The summed E-state index contributed by atoms with van der Waals surface area (Å²) < 4.78 is 0. The average molecular weight is 331 g/mol. The van der Waals surface area contributed by atoms with Crippen LogP contribution in [-0.4, -0.2) is 46.0 Å². The van der Waals surface area contributed by atoms with E-state index in [4.69, 9.17) is 0 Å². The van der Waals surface area contributed by atoms with E-state index in [1.807, 2.05) is 12.1 Å². The number of carbonyl (C=O) groups excluding carboxylic acids is 1. The summed E-state index contributed by atoms with van der Waals surface area (Å²) in [6, 6.07) is 7.19. The number of hydrogen-bond donors (Lipinski definition) is 2. The van der Waals surface area contributed by atoms with E-state index < -0.39 is 22.8 Å². The van der Waals surface area contributed by atoms with Crippen LogP contribution in [0.2, 0.25) is 0 Å². The van der Waals surface area contributed by atoms with Crippen LogP contribution in [0.25, 0.3) is 0 Å². The van der Waals surface area contributed by atoms with E-state index >= 15 is 0 Å². The Labute approximate surface area is 140 Å². The molecular formula is C18H21NO5. The van der Waals surface area contributed by atoms with Crippen molar-refractivity contribution in [3.8, 4) is 0 Å². The molecule has 2 N–H and O–H groups in total. The maximum atomic E-state index is 12.6. The highest BCUT2D eigenvalue weighted by Gasteiger charge is 2.81. The summed E-state index contributed by atoms with van der Waals surface area (Å²) in [6.45, 7) is 6.13. The van der Waals surface area contributed by atoms with E-state index in [-0.39, 0.29) is 30.8 Å². The number of likely N-dealkylation sites (tertiary alicyclic amines) is 1. The van der Waals surface area contributed by atoms with Gasteiger partial charge in [0.15, 0.2) is 0 Å². The summed E-state index contributed by atoms with van der Waals surface area (Å²) in [6.07, 6.45) is 0.0947. The maximum absolute atomic E-state index is 12.6. The Bertz CT molecular complexity index is 705. The molecule has 128 valence electrons. The first-order chi connectivity index (χ1) is 11.0. The van der Waals surface area contributed by atoms with Crippen molar-refractivity contribution in [2.24, 2.45) is 10.8 Å². The average Bonchev–Trinajstić information content (AvgIpc) is 3.05. The molecule has 0 radical (unpaired) electrons. The standard InChI is InChI=1S/C18H21NO5/c1-16(2,3)12-6-4-11(5-7-12)13(20)19-9-17(14(21)22)8-18(17,10-19)15(23)24/h4-7H,8-10H2,1-3H3,(H,21,22)(H,23,24)/t17-,18+. The lowest BCUT2D eigenvalue weighted by Gasteiger charge is -2.22. The third-order valence-corrected chi connectivity index (χ3v) is 5.42. The molecule has 3 rings (SSSR count). The molecular weight excluding hydrogens is 310 g/mol. The van der Waals surface area contributed by atoms with Crippen LogP contribution in [0.15, 0.2) is 24.3 Å². The smallest absolute Gasteiger partial charge is 0.312 e. The Balaban J connectivity index is 1.83. The van der Waals surface area contributed by atoms with Gasteiger partial charge in [0.05, 0.1) is 0 Å². The van der Waals surface area contributed by atoms with Gasteiger partial charge in [-0.1, -0.05) is 32.9 Å². The van der Waals surface area contributed by atoms with Crippen molar-refractivity contribution in [3.63, 3.8) is 0 Å². The molecule has 1 heterocycles. The van der Waals surface area contributed by atoms with Gasteiger partial charge in [0.1, 0.15) is 10.8 Å². The Kier molecular flexibility index (Phi) is 3.31. The summed E-state index contributed by atoms with van der Waals surface area (Å²) in [5.74, 6) is -2.59. The summed E-state index contributed by atoms with van der Waals surface area (Å²) in [5.41, 5.74) is -1.16. The zero-order chi connectivity index (χ0) is 17.9. The van der Waals surface area contributed by atoms with E-state index in [1.165, 1.54) is 4.90 Å². The van der Waals surface area contributed by atoms with Crippen LogP contribution >= 0.6 is 0 Å². The molecule has 1 saturated carbocycles. The molecule has 1 aromatic carbocycles. The van der Waals surface area contributed by atoms with Crippen LogP contribution in [-0.2, 0) is 15.0 Å². The molecule has 1 saturated heterocycles. The highest BCUT2D eigenvalue weighted by molar-refractivity contribution is 5.99. The van der Waals surface area contributed by atoms with Gasteiger partial charge in [-0.3, -0.25) is 14.4 Å². The van der Waals surface area contributed by atoms with Gasteiger partial charge in [-0.15, -0.1) is 0 Å². The fourth-order valence-corrected chi connectivity index (χ4v) is 3.73. The van der Waals surface area contributed by atoms with Crippen LogP contribution in [0.1, 0.15) is 43.1 Å². The number of carbonyl (C=O) groups is 3. The number of carboxylic acids is 2. The number of fused-ring (bicyclic) bond motifs is 1. The lowest BCUT2D eigenvalue weighted by molar-refractivity contribution is -0.151. The zero-order valence-corrected chi connectivity index (χ0v) is 14.0. The first-order valence-corrected chi connectivity index (χ1v) is 7.90. The molecule has 1 aliphatic heterocycles. The van der Waals surface area contributed by atoms with Gasteiger partial charge in [0, 0.05) is 18.7 Å². The lowest BCUT2D eigenvalue weighted by atomic mass is 9.86. The van der Waals surface area contributed by atoms with E-state index in [2.05, 4.69) is 20.8 Å². The topological polar surface area (TPSA) is 94.9 Å². The number of benzene rings is 1. The highest BCUT2D eigenvalue weighted by atomic mass is 16.4. The van der Waals surface area contributed by atoms with Crippen molar-refractivity contribution >= 4 is 17.8 Å². The molecule has 0 spiro atoms. The molecule has 0 unspecified atom stereocenters. The summed E-state index contributed by atoms with van der Waals surface area (Å²) in [4.78, 5) is 37.1. The molecule has 0 bridgehead atoms.